The van der Waals surface area contributed by atoms with E-state index in [0.29, 0.717) is 0 Å². The van der Waals surface area contributed by atoms with Gasteiger partial charge in [-0.3, -0.25) is 9.59 Å². The molecule has 10 heteroatoms. The molecule has 8 nitrogen and oxygen atoms in total. The minimum Gasteiger partial charge on any atom is -0.459 e. The Hall–Kier alpha value is -2.56. The van der Waals surface area contributed by atoms with Gasteiger partial charge in [0.1, 0.15) is 17.1 Å². The van der Waals surface area contributed by atoms with E-state index in [4.69, 9.17) is 4.74 Å². The third-order valence-corrected chi connectivity index (χ3v) is 11.2. The van der Waals surface area contributed by atoms with Crippen molar-refractivity contribution < 1.29 is 31.2 Å². The number of sulfonamides is 1. The van der Waals surface area contributed by atoms with Crippen molar-refractivity contribution >= 4 is 31.6 Å². The smallest absolute Gasteiger partial charge is 0.303 e. The number of aryl methyl sites for hydroxylation is 2. The number of hydrogen-bond acceptors (Lipinski definition) is 7. The summed E-state index contributed by atoms with van der Waals surface area (Å²) in [4.78, 5) is 25.6. The second-order valence-electron chi connectivity index (χ2n) is 11.1. The van der Waals surface area contributed by atoms with Gasteiger partial charge in [-0.15, -0.1) is 0 Å². The fourth-order valence-corrected chi connectivity index (χ4v) is 8.62. The zero-order chi connectivity index (χ0) is 28.6. The van der Waals surface area contributed by atoms with Crippen LogP contribution in [0.4, 0.5) is 0 Å². The second kappa shape index (κ2) is 10.9. The lowest BCUT2D eigenvalue weighted by atomic mass is 9.83. The fraction of sp³-hybridized carbons (Fsp3) is 0.500. The van der Waals surface area contributed by atoms with Crippen LogP contribution in [0.3, 0.4) is 0 Å². The topological polar surface area (TPSA) is 115 Å². The Morgan fingerprint density at radius 1 is 0.895 bits per heavy atom. The van der Waals surface area contributed by atoms with Crippen LogP contribution in [0.2, 0.25) is 0 Å². The molecule has 4 atom stereocenters. The standard InChI is InChI=1S/C28H37NO7S2/c1-18-8-12-22(13-9-18)37(32,33)25-16-20(3)29(38(34,35)23-14-10-19(2)11-15-23)24(27(25)36-21(4)30)17-26(31)28(5,6)7/h8-15,20,24-25,27H,16-17H2,1-7H3/t20-,24-,25-,27-/m0/s1. The normalized spacial score (nSPS) is 23.1. The van der Waals surface area contributed by atoms with Crippen molar-refractivity contribution in [1.82, 2.24) is 4.31 Å². The zero-order valence-corrected chi connectivity index (χ0v) is 24.6. The van der Waals surface area contributed by atoms with E-state index in [1.165, 1.54) is 28.6 Å². The van der Waals surface area contributed by atoms with Crippen molar-refractivity contribution in [2.24, 2.45) is 5.41 Å². The minimum atomic E-state index is -4.18. The highest BCUT2D eigenvalue weighted by molar-refractivity contribution is 7.92. The van der Waals surface area contributed by atoms with Crippen molar-refractivity contribution in [3.8, 4) is 0 Å². The lowest BCUT2D eigenvalue weighted by molar-refractivity contribution is -0.153. The third-order valence-electron chi connectivity index (χ3n) is 6.96. The number of carbonyl (C=O) groups is 2. The number of ketones is 1. The van der Waals surface area contributed by atoms with Gasteiger partial charge in [-0.2, -0.15) is 4.31 Å². The molecule has 0 spiro atoms. The van der Waals surface area contributed by atoms with Crippen LogP contribution in [-0.2, 0) is 34.2 Å². The summed E-state index contributed by atoms with van der Waals surface area (Å²) in [6, 6.07) is 10.6. The SMILES string of the molecule is CC(=O)O[C@H]1[C@H](CC(=O)C(C)(C)C)N(S(=O)(=O)c2ccc(C)cc2)[C@@H](C)C[C@@H]1S(=O)(=O)c1ccc(C)cc1. The van der Waals surface area contributed by atoms with Crippen molar-refractivity contribution in [1.29, 1.82) is 0 Å². The summed E-state index contributed by atoms with van der Waals surface area (Å²) in [6.45, 7) is 11.6. The molecule has 0 saturated carbocycles. The number of nitrogens with zero attached hydrogens (tertiary/aromatic N) is 1. The minimum absolute atomic E-state index is 0.0181. The molecule has 38 heavy (non-hydrogen) atoms. The summed E-state index contributed by atoms with van der Waals surface area (Å²) in [7, 11) is -8.24. The van der Waals surface area contributed by atoms with Crippen molar-refractivity contribution in [2.45, 2.75) is 94.5 Å². The molecule has 2 aromatic rings. The molecular formula is C28H37NO7S2. The van der Waals surface area contributed by atoms with Gasteiger partial charge in [0.25, 0.3) is 0 Å². The first-order valence-corrected chi connectivity index (χ1v) is 15.6. The van der Waals surface area contributed by atoms with Crippen molar-refractivity contribution in [3.63, 3.8) is 0 Å². The Kier molecular flexibility index (Phi) is 8.60. The maximum Gasteiger partial charge on any atom is 0.303 e. The van der Waals surface area contributed by atoms with E-state index >= 15 is 0 Å². The molecular weight excluding hydrogens is 526 g/mol. The maximum absolute atomic E-state index is 14.0. The van der Waals surface area contributed by atoms with Gasteiger partial charge in [-0.05, 0) is 51.5 Å². The average molecular weight is 564 g/mol. The Morgan fingerprint density at radius 3 is 1.82 bits per heavy atom. The average Bonchev–Trinajstić information content (AvgIpc) is 2.80. The predicted molar refractivity (Wildman–Crippen MR) is 145 cm³/mol. The Morgan fingerprint density at radius 2 is 1.37 bits per heavy atom. The summed E-state index contributed by atoms with van der Waals surface area (Å²) in [5.41, 5.74) is 0.921. The molecule has 0 aromatic heterocycles. The number of esters is 1. The van der Waals surface area contributed by atoms with Crippen LogP contribution in [-0.4, -0.2) is 56.3 Å². The lowest BCUT2D eigenvalue weighted by Gasteiger charge is -2.47. The lowest BCUT2D eigenvalue weighted by Crippen LogP contribution is -2.63. The summed E-state index contributed by atoms with van der Waals surface area (Å²) in [6.07, 6.45) is -1.81. The predicted octanol–water partition coefficient (Wildman–Crippen LogP) is 4.23. The largest absolute Gasteiger partial charge is 0.459 e. The number of ether oxygens (including phenoxy) is 1. The molecule has 0 bridgehead atoms. The number of Topliss-reactive ketones (excluding diaryl/α,β-unsaturated/α-hetero) is 1. The second-order valence-corrected chi connectivity index (χ2v) is 15.2. The van der Waals surface area contributed by atoms with Gasteiger partial charge in [0.15, 0.2) is 9.84 Å². The number of sulfone groups is 1. The van der Waals surface area contributed by atoms with E-state index < -0.39 is 54.7 Å². The Balaban J connectivity index is 2.21. The molecule has 1 fully saturated rings. The van der Waals surface area contributed by atoms with Crippen LogP contribution < -0.4 is 0 Å². The maximum atomic E-state index is 14.0. The van der Waals surface area contributed by atoms with Gasteiger partial charge >= 0.3 is 5.97 Å². The Labute approximate surface area is 226 Å². The van der Waals surface area contributed by atoms with Gasteiger partial charge in [-0.1, -0.05) is 56.2 Å². The van der Waals surface area contributed by atoms with Crippen LogP contribution in [0.1, 0.15) is 58.6 Å². The van der Waals surface area contributed by atoms with E-state index in [-0.39, 0.29) is 28.4 Å². The summed E-state index contributed by atoms with van der Waals surface area (Å²) >= 11 is 0. The molecule has 1 heterocycles. The molecule has 3 rings (SSSR count). The first-order chi connectivity index (χ1) is 17.5. The number of piperidine rings is 1. The highest BCUT2D eigenvalue weighted by atomic mass is 32.2. The summed E-state index contributed by atoms with van der Waals surface area (Å²) < 4.78 is 62.5. The van der Waals surface area contributed by atoms with Gasteiger partial charge in [0.2, 0.25) is 10.0 Å². The van der Waals surface area contributed by atoms with Crippen molar-refractivity contribution in [3.05, 3.63) is 59.7 Å². The molecule has 0 aliphatic carbocycles. The van der Waals surface area contributed by atoms with Gasteiger partial charge in [0.05, 0.1) is 15.8 Å². The molecule has 1 aliphatic rings. The van der Waals surface area contributed by atoms with Gasteiger partial charge in [0, 0.05) is 24.8 Å². The van der Waals surface area contributed by atoms with E-state index in [1.807, 2.05) is 13.8 Å². The van der Waals surface area contributed by atoms with Crippen LogP contribution in [0, 0.1) is 19.3 Å². The molecule has 0 radical (unpaired) electrons. The zero-order valence-electron chi connectivity index (χ0n) is 23.0. The quantitative estimate of drug-likeness (QED) is 0.463. The summed E-state index contributed by atoms with van der Waals surface area (Å²) in [5, 5.41) is -1.24. The highest BCUT2D eigenvalue weighted by Crippen LogP contribution is 2.39. The number of hydrogen-bond donors (Lipinski definition) is 0. The Bertz CT molecular complexity index is 1390. The molecule has 2 aromatic carbocycles. The molecule has 0 N–H and O–H groups in total. The summed E-state index contributed by atoms with van der Waals surface area (Å²) in [5.74, 6) is -1.03. The van der Waals surface area contributed by atoms with E-state index in [2.05, 4.69) is 0 Å². The monoisotopic (exact) mass is 563 g/mol. The molecule has 1 aliphatic heterocycles. The third kappa shape index (κ3) is 6.18. The molecule has 0 unspecified atom stereocenters. The highest BCUT2D eigenvalue weighted by Gasteiger charge is 2.54. The van der Waals surface area contributed by atoms with Gasteiger partial charge in [-0.25, -0.2) is 16.8 Å². The molecule has 0 amide bonds. The van der Waals surface area contributed by atoms with Crippen LogP contribution in [0.15, 0.2) is 58.3 Å². The first-order valence-electron chi connectivity index (χ1n) is 12.6. The first kappa shape index (κ1) is 30.0. The van der Waals surface area contributed by atoms with Crippen LogP contribution in [0.25, 0.3) is 0 Å². The van der Waals surface area contributed by atoms with E-state index in [0.717, 1.165) is 18.1 Å². The van der Waals surface area contributed by atoms with Crippen molar-refractivity contribution in [2.75, 3.05) is 0 Å². The number of benzene rings is 2. The van der Waals surface area contributed by atoms with Crippen LogP contribution in [0.5, 0.6) is 0 Å². The molecule has 1 saturated heterocycles. The van der Waals surface area contributed by atoms with Crippen LogP contribution >= 0.6 is 0 Å². The van der Waals surface area contributed by atoms with Gasteiger partial charge < -0.3 is 4.74 Å². The van der Waals surface area contributed by atoms with E-state index in [9.17, 15) is 26.4 Å². The van der Waals surface area contributed by atoms with E-state index in [1.54, 1.807) is 52.0 Å². The number of carbonyl (C=O) groups excluding carboxylic acids is 2. The fourth-order valence-electron chi connectivity index (χ4n) is 4.80. The number of rotatable bonds is 7. The molecule has 208 valence electrons.